The molecule has 1 aliphatic heterocycles. The van der Waals surface area contributed by atoms with Crippen LogP contribution in [0.5, 0.6) is 5.75 Å². The van der Waals surface area contributed by atoms with Crippen molar-refractivity contribution in [1.29, 1.82) is 0 Å². The van der Waals surface area contributed by atoms with Gasteiger partial charge in [-0.2, -0.15) is 0 Å². The molecule has 0 bridgehead atoms. The smallest absolute Gasteiger partial charge is 0.122 e. The summed E-state index contributed by atoms with van der Waals surface area (Å²) in [6, 6.07) is 9.55. The Morgan fingerprint density at radius 1 is 1.24 bits per heavy atom. The number of aromatic nitrogens is 1. The molecular weight excluding hydrogens is 214 g/mol. The van der Waals surface area contributed by atoms with Crippen LogP contribution >= 0.6 is 0 Å². The van der Waals surface area contributed by atoms with Crippen molar-refractivity contribution in [3.63, 3.8) is 0 Å². The number of rotatable bonds is 2. The van der Waals surface area contributed by atoms with E-state index in [1.165, 1.54) is 5.56 Å². The molecule has 2 aromatic rings. The highest BCUT2D eigenvalue weighted by Crippen LogP contribution is 2.30. The number of hydrogen-bond donors (Lipinski definition) is 1. The molecule has 2 heterocycles. The molecule has 1 atom stereocenters. The van der Waals surface area contributed by atoms with E-state index in [4.69, 9.17) is 4.74 Å². The van der Waals surface area contributed by atoms with Crippen LogP contribution < -0.4 is 4.74 Å². The molecule has 1 aromatic heterocycles. The molecule has 3 nitrogen and oxygen atoms in total. The second kappa shape index (κ2) is 4.18. The van der Waals surface area contributed by atoms with E-state index in [2.05, 4.69) is 4.98 Å². The standard InChI is InChI=1S/C14H13NO2/c16-14(12-2-1-6-15-9-12)11-3-4-13-10(8-11)5-7-17-13/h1-4,6,8-9,14,16H,5,7H2. The zero-order valence-corrected chi connectivity index (χ0v) is 9.34. The summed E-state index contributed by atoms with van der Waals surface area (Å²) < 4.78 is 5.44. The molecule has 0 fully saturated rings. The molecule has 0 spiro atoms. The van der Waals surface area contributed by atoms with Gasteiger partial charge in [0, 0.05) is 24.4 Å². The zero-order valence-electron chi connectivity index (χ0n) is 9.34. The van der Waals surface area contributed by atoms with Crippen LogP contribution in [-0.2, 0) is 6.42 Å². The highest BCUT2D eigenvalue weighted by molar-refractivity contribution is 5.42. The van der Waals surface area contributed by atoms with E-state index >= 15 is 0 Å². The van der Waals surface area contributed by atoms with Crippen LogP contribution in [0.25, 0.3) is 0 Å². The fraction of sp³-hybridized carbons (Fsp3) is 0.214. The van der Waals surface area contributed by atoms with Crippen LogP contribution in [0.3, 0.4) is 0 Å². The Balaban J connectivity index is 1.94. The van der Waals surface area contributed by atoms with Gasteiger partial charge in [0.15, 0.2) is 0 Å². The van der Waals surface area contributed by atoms with E-state index in [0.29, 0.717) is 0 Å². The number of benzene rings is 1. The van der Waals surface area contributed by atoms with E-state index < -0.39 is 6.10 Å². The first-order valence-electron chi connectivity index (χ1n) is 5.68. The van der Waals surface area contributed by atoms with Gasteiger partial charge in [0.25, 0.3) is 0 Å². The molecule has 1 unspecified atom stereocenters. The average molecular weight is 227 g/mol. The third kappa shape index (κ3) is 1.89. The maximum Gasteiger partial charge on any atom is 0.122 e. The van der Waals surface area contributed by atoms with Gasteiger partial charge in [-0.3, -0.25) is 4.98 Å². The second-order valence-electron chi connectivity index (χ2n) is 4.15. The van der Waals surface area contributed by atoms with Crippen LogP contribution in [-0.4, -0.2) is 16.7 Å². The highest BCUT2D eigenvalue weighted by Gasteiger charge is 2.16. The van der Waals surface area contributed by atoms with Gasteiger partial charge in [-0.05, 0) is 29.3 Å². The fourth-order valence-electron chi connectivity index (χ4n) is 2.11. The average Bonchev–Trinajstić information content (AvgIpc) is 2.86. The van der Waals surface area contributed by atoms with Gasteiger partial charge >= 0.3 is 0 Å². The van der Waals surface area contributed by atoms with Crippen LogP contribution in [0.2, 0.25) is 0 Å². The third-order valence-corrected chi connectivity index (χ3v) is 3.03. The van der Waals surface area contributed by atoms with Gasteiger partial charge in [0.05, 0.1) is 6.61 Å². The van der Waals surface area contributed by atoms with Crippen LogP contribution in [0.4, 0.5) is 0 Å². The lowest BCUT2D eigenvalue weighted by Gasteiger charge is -2.11. The van der Waals surface area contributed by atoms with E-state index in [1.54, 1.807) is 12.4 Å². The Kier molecular flexibility index (Phi) is 2.53. The monoisotopic (exact) mass is 227 g/mol. The van der Waals surface area contributed by atoms with Gasteiger partial charge < -0.3 is 9.84 Å². The summed E-state index contributed by atoms with van der Waals surface area (Å²) in [5.74, 6) is 0.937. The predicted molar refractivity (Wildman–Crippen MR) is 63.9 cm³/mol. The fourth-order valence-corrected chi connectivity index (χ4v) is 2.11. The maximum absolute atomic E-state index is 10.2. The van der Waals surface area contributed by atoms with Crippen molar-refractivity contribution >= 4 is 0 Å². The molecule has 1 aliphatic rings. The molecule has 0 amide bonds. The summed E-state index contributed by atoms with van der Waals surface area (Å²) in [5.41, 5.74) is 2.87. The minimum absolute atomic E-state index is 0.616. The summed E-state index contributed by atoms with van der Waals surface area (Å²) in [7, 11) is 0. The van der Waals surface area contributed by atoms with Crippen molar-refractivity contribution in [2.45, 2.75) is 12.5 Å². The quantitative estimate of drug-likeness (QED) is 0.854. The summed E-state index contributed by atoms with van der Waals surface area (Å²) in [6.45, 7) is 0.738. The number of ether oxygens (including phenoxy) is 1. The van der Waals surface area contributed by atoms with Crippen molar-refractivity contribution in [2.24, 2.45) is 0 Å². The largest absolute Gasteiger partial charge is 0.493 e. The SMILES string of the molecule is OC(c1cccnc1)c1ccc2c(c1)CCO2. The number of aliphatic hydroxyl groups excluding tert-OH is 1. The van der Waals surface area contributed by atoms with Crippen LogP contribution in [0.1, 0.15) is 22.8 Å². The molecule has 0 saturated carbocycles. The summed E-state index contributed by atoms with van der Waals surface area (Å²) in [5, 5.41) is 10.2. The third-order valence-electron chi connectivity index (χ3n) is 3.03. The maximum atomic E-state index is 10.2. The summed E-state index contributed by atoms with van der Waals surface area (Å²) in [6.07, 6.45) is 3.69. The lowest BCUT2D eigenvalue weighted by molar-refractivity contribution is 0.220. The van der Waals surface area contributed by atoms with E-state index in [-0.39, 0.29) is 0 Å². The Morgan fingerprint density at radius 2 is 2.18 bits per heavy atom. The molecular formula is C14H13NO2. The molecule has 3 rings (SSSR count). The van der Waals surface area contributed by atoms with Gasteiger partial charge in [-0.15, -0.1) is 0 Å². The van der Waals surface area contributed by atoms with Crippen LogP contribution in [0.15, 0.2) is 42.7 Å². The van der Waals surface area contributed by atoms with Crippen molar-refractivity contribution in [3.8, 4) is 5.75 Å². The van der Waals surface area contributed by atoms with Crippen molar-refractivity contribution in [2.75, 3.05) is 6.61 Å². The Hall–Kier alpha value is -1.87. The van der Waals surface area contributed by atoms with Gasteiger partial charge in [0.2, 0.25) is 0 Å². The van der Waals surface area contributed by atoms with Gasteiger partial charge in [-0.1, -0.05) is 12.1 Å². The van der Waals surface area contributed by atoms with Gasteiger partial charge in [-0.25, -0.2) is 0 Å². The zero-order chi connectivity index (χ0) is 11.7. The lowest BCUT2D eigenvalue weighted by Crippen LogP contribution is -2.00. The summed E-state index contributed by atoms with van der Waals surface area (Å²) >= 11 is 0. The first-order chi connectivity index (χ1) is 8.34. The first kappa shape index (κ1) is 10.3. The topological polar surface area (TPSA) is 42.4 Å². The molecule has 0 saturated heterocycles. The second-order valence-corrected chi connectivity index (χ2v) is 4.15. The predicted octanol–water partition coefficient (Wildman–Crippen LogP) is 2.10. The van der Waals surface area contributed by atoms with Crippen molar-refractivity contribution in [1.82, 2.24) is 4.98 Å². The molecule has 0 radical (unpaired) electrons. The van der Waals surface area contributed by atoms with E-state index in [9.17, 15) is 5.11 Å². The molecule has 1 N–H and O–H groups in total. The molecule has 17 heavy (non-hydrogen) atoms. The highest BCUT2D eigenvalue weighted by atomic mass is 16.5. The molecule has 0 aliphatic carbocycles. The Labute approximate surface area is 99.7 Å². The normalized spacial score (nSPS) is 15.1. The van der Waals surface area contributed by atoms with Crippen molar-refractivity contribution < 1.29 is 9.84 Å². The van der Waals surface area contributed by atoms with Crippen LogP contribution in [0, 0.1) is 0 Å². The molecule has 3 heteroatoms. The summed E-state index contributed by atoms with van der Waals surface area (Å²) in [4.78, 5) is 4.02. The lowest BCUT2D eigenvalue weighted by atomic mass is 10.0. The Morgan fingerprint density at radius 3 is 3.00 bits per heavy atom. The molecule has 86 valence electrons. The number of fused-ring (bicyclic) bond motifs is 1. The van der Waals surface area contributed by atoms with Gasteiger partial charge in [0.1, 0.15) is 11.9 Å². The van der Waals surface area contributed by atoms with Crippen molar-refractivity contribution in [3.05, 3.63) is 59.4 Å². The number of hydrogen-bond acceptors (Lipinski definition) is 3. The number of nitrogens with zero attached hydrogens (tertiary/aromatic N) is 1. The first-order valence-corrected chi connectivity index (χ1v) is 5.68. The van der Waals surface area contributed by atoms with E-state index in [1.807, 2.05) is 30.3 Å². The minimum Gasteiger partial charge on any atom is -0.493 e. The van der Waals surface area contributed by atoms with E-state index in [0.717, 1.165) is 29.9 Å². The molecule has 1 aromatic carbocycles. The minimum atomic E-state index is -0.616. The Bertz CT molecular complexity index is 525. The number of aliphatic hydroxyl groups is 1. The number of pyridine rings is 1.